The summed E-state index contributed by atoms with van der Waals surface area (Å²) in [6.45, 7) is 5.25. The van der Waals surface area contributed by atoms with Crippen molar-refractivity contribution in [2.45, 2.75) is 26.3 Å². The van der Waals surface area contributed by atoms with E-state index in [2.05, 4.69) is 35.1 Å². The summed E-state index contributed by atoms with van der Waals surface area (Å²) in [5.74, 6) is 0.787. The van der Waals surface area contributed by atoms with E-state index in [1.165, 1.54) is 0 Å². The zero-order valence-corrected chi connectivity index (χ0v) is 15.5. The first-order valence-electron chi connectivity index (χ1n) is 8.22. The van der Waals surface area contributed by atoms with Crippen molar-refractivity contribution in [2.75, 3.05) is 6.54 Å². The van der Waals surface area contributed by atoms with Gasteiger partial charge in [-0.25, -0.2) is 4.98 Å². The first-order valence-corrected chi connectivity index (χ1v) is 9.02. The maximum absolute atomic E-state index is 13.1. The lowest BCUT2D eigenvalue weighted by Crippen LogP contribution is -2.85. The van der Waals surface area contributed by atoms with E-state index in [4.69, 9.17) is 4.98 Å². The lowest BCUT2D eigenvalue weighted by Gasteiger charge is -2.17. The van der Waals surface area contributed by atoms with Crippen LogP contribution in [-0.4, -0.2) is 16.1 Å². The number of hydrogen-bond donors (Lipinski definition) is 1. The van der Waals surface area contributed by atoms with Gasteiger partial charge in [-0.15, -0.1) is 0 Å². The van der Waals surface area contributed by atoms with Crippen molar-refractivity contribution in [3.63, 3.8) is 0 Å². The van der Waals surface area contributed by atoms with Crippen molar-refractivity contribution in [2.24, 2.45) is 0 Å². The van der Waals surface area contributed by atoms with E-state index < -0.39 is 0 Å². The smallest absolute Gasteiger partial charge is 0.266 e. The van der Waals surface area contributed by atoms with E-state index >= 15 is 0 Å². The van der Waals surface area contributed by atoms with Gasteiger partial charge in [-0.3, -0.25) is 9.36 Å². The second-order valence-electron chi connectivity index (χ2n) is 5.92. The Morgan fingerprint density at radius 3 is 2.58 bits per heavy atom. The second kappa shape index (κ2) is 7.28. The summed E-state index contributed by atoms with van der Waals surface area (Å²) in [4.78, 5) is 17.9. The molecule has 24 heavy (non-hydrogen) atoms. The fourth-order valence-corrected chi connectivity index (χ4v) is 3.08. The number of quaternary nitrogens is 1. The molecule has 0 aliphatic heterocycles. The van der Waals surface area contributed by atoms with E-state index in [0.717, 1.165) is 34.5 Å². The molecule has 1 atom stereocenters. The van der Waals surface area contributed by atoms with Gasteiger partial charge in [0.2, 0.25) is 0 Å². The summed E-state index contributed by atoms with van der Waals surface area (Å²) >= 11 is 3.45. The van der Waals surface area contributed by atoms with Gasteiger partial charge in [-0.2, -0.15) is 0 Å². The van der Waals surface area contributed by atoms with E-state index in [1.54, 1.807) is 4.57 Å². The molecule has 0 aliphatic carbocycles. The topological polar surface area (TPSA) is 51.5 Å². The SMILES string of the molecule is CCC[NH2+][C@@H](C)c1nc2ccccc2c(=O)n1-c1ccc(Br)cc1. The zero-order valence-electron chi connectivity index (χ0n) is 13.9. The average molecular weight is 387 g/mol. The van der Waals surface area contributed by atoms with Gasteiger partial charge in [0, 0.05) is 4.47 Å². The molecule has 5 heteroatoms. The fourth-order valence-electron chi connectivity index (χ4n) is 2.82. The Hall–Kier alpha value is -1.98. The van der Waals surface area contributed by atoms with Gasteiger partial charge in [0.1, 0.15) is 6.04 Å². The van der Waals surface area contributed by atoms with Gasteiger partial charge >= 0.3 is 0 Å². The zero-order chi connectivity index (χ0) is 17.1. The third-order valence-corrected chi connectivity index (χ3v) is 4.63. The Kier molecular flexibility index (Phi) is 5.11. The van der Waals surface area contributed by atoms with Crippen molar-refractivity contribution >= 4 is 26.8 Å². The van der Waals surface area contributed by atoms with Crippen LogP contribution in [-0.2, 0) is 0 Å². The third kappa shape index (κ3) is 3.28. The summed E-state index contributed by atoms with van der Waals surface area (Å²) in [6.07, 6.45) is 1.08. The molecule has 0 unspecified atom stereocenters. The van der Waals surface area contributed by atoms with E-state index in [-0.39, 0.29) is 11.6 Å². The summed E-state index contributed by atoms with van der Waals surface area (Å²) in [5.41, 5.74) is 1.57. The molecule has 0 radical (unpaired) electrons. The average Bonchev–Trinajstić information content (AvgIpc) is 2.60. The van der Waals surface area contributed by atoms with Crippen LogP contribution in [0.5, 0.6) is 0 Å². The minimum absolute atomic E-state index is 0.0188. The molecule has 4 nitrogen and oxygen atoms in total. The molecule has 0 saturated heterocycles. The van der Waals surface area contributed by atoms with Crippen LogP contribution in [0.25, 0.3) is 16.6 Å². The van der Waals surface area contributed by atoms with Gasteiger partial charge < -0.3 is 5.32 Å². The molecule has 2 N–H and O–H groups in total. The number of fused-ring (bicyclic) bond motifs is 1. The highest BCUT2D eigenvalue weighted by Crippen LogP contribution is 2.18. The van der Waals surface area contributed by atoms with Gasteiger partial charge in [0.05, 0.1) is 23.1 Å². The molecule has 3 aromatic rings. The van der Waals surface area contributed by atoms with Crippen LogP contribution in [0.1, 0.15) is 32.1 Å². The lowest BCUT2D eigenvalue weighted by molar-refractivity contribution is -0.693. The summed E-state index contributed by atoms with van der Waals surface area (Å²) in [6, 6.07) is 15.4. The Labute approximate surface area is 149 Å². The standard InChI is InChI=1S/C19H20BrN3O/c1-3-12-21-13(2)18-22-17-7-5-4-6-16(17)19(24)23(18)15-10-8-14(20)9-11-15/h4-11,13,21H,3,12H2,1-2H3/p+1/t13-/m0/s1. The highest BCUT2D eigenvalue weighted by molar-refractivity contribution is 9.10. The number of rotatable bonds is 5. The number of halogens is 1. The number of para-hydroxylation sites is 1. The minimum atomic E-state index is -0.0188. The molecule has 2 aromatic carbocycles. The van der Waals surface area contributed by atoms with Crippen LogP contribution < -0.4 is 10.9 Å². The second-order valence-corrected chi connectivity index (χ2v) is 6.83. The van der Waals surface area contributed by atoms with Crippen molar-refractivity contribution in [3.05, 3.63) is 69.2 Å². The maximum atomic E-state index is 13.1. The first-order chi connectivity index (χ1) is 11.6. The molecular weight excluding hydrogens is 366 g/mol. The van der Waals surface area contributed by atoms with Gasteiger partial charge in [0.25, 0.3) is 5.56 Å². The van der Waals surface area contributed by atoms with Gasteiger partial charge in [0.15, 0.2) is 5.82 Å². The number of aromatic nitrogens is 2. The Bertz CT molecular complexity index is 903. The van der Waals surface area contributed by atoms with Crippen LogP contribution >= 0.6 is 15.9 Å². The van der Waals surface area contributed by atoms with E-state index in [1.807, 2.05) is 48.5 Å². The third-order valence-electron chi connectivity index (χ3n) is 4.10. The monoisotopic (exact) mass is 386 g/mol. The molecule has 0 aliphatic rings. The predicted octanol–water partition coefficient (Wildman–Crippen LogP) is 3.18. The molecule has 0 bridgehead atoms. The fraction of sp³-hybridized carbons (Fsp3) is 0.263. The van der Waals surface area contributed by atoms with Crippen molar-refractivity contribution in [3.8, 4) is 5.69 Å². The first kappa shape index (κ1) is 16.9. The summed E-state index contributed by atoms with van der Waals surface area (Å²) in [7, 11) is 0. The number of nitrogens with two attached hydrogens (primary N) is 1. The Balaban J connectivity index is 2.25. The molecule has 0 fully saturated rings. The highest BCUT2D eigenvalue weighted by atomic mass is 79.9. The quantitative estimate of drug-likeness (QED) is 0.731. The lowest BCUT2D eigenvalue weighted by atomic mass is 10.2. The van der Waals surface area contributed by atoms with Crippen LogP contribution in [0.4, 0.5) is 0 Å². The highest BCUT2D eigenvalue weighted by Gasteiger charge is 2.19. The number of benzene rings is 2. The number of nitrogens with zero attached hydrogens (tertiary/aromatic N) is 2. The molecule has 0 spiro atoms. The molecule has 124 valence electrons. The summed E-state index contributed by atoms with van der Waals surface area (Å²) in [5, 5.41) is 2.87. The molecular formula is C19H21BrN3O+. The molecule has 0 amide bonds. The van der Waals surface area contributed by atoms with Crippen LogP contribution in [0.3, 0.4) is 0 Å². The van der Waals surface area contributed by atoms with Gasteiger partial charge in [-0.1, -0.05) is 35.0 Å². The maximum Gasteiger partial charge on any atom is 0.266 e. The van der Waals surface area contributed by atoms with Crippen LogP contribution in [0.15, 0.2) is 57.8 Å². The van der Waals surface area contributed by atoms with E-state index in [9.17, 15) is 4.79 Å². The van der Waals surface area contributed by atoms with Crippen LogP contribution in [0, 0.1) is 0 Å². The number of hydrogen-bond acceptors (Lipinski definition) is 2. The largest absolute Gasteiger partial charge is 0.338 e. The van der Waals surface area contributed by atoms with Gasteiger partial charge in [-0.05, 0) is 49.7 Å². The predicted molar refractivity (Wildman–Crippen MR) is 101 cm³/mol. The minimum Gasteiger partial charge on any atom is -0.338 e. The molecule has 1 aromatic heterocycles. The Morgan fingerprint density at radius 1 is 1.17 bits per heavy atom. The van der Waals surface area contributed by atoms with Crippen molar-refractivity contribution in [1.82, 2.24) is 9.55 Å². The summed E-state index contributed by atoms with van der Waals surface area (Å²) < 4.78 is 2.73. The van der Waals surface area contributed by atoms with Crippen molar-refractivity contribution < 1.29 is 5.32 Å². The van der Waals surface area contributed by atoms with Crippen LogP contribution in [0.2, 0.25) is 0 Å². The van der Waals surface area contributed by atoms with Crippen molar-refractivity contribution in [1.29, 1.82) is 0 Å². The molecule has 1 heterocycles. The molecule has 3 rings (SSSR count). The normalized spacial score (nSPS) is 12.5. The molecule has 0 saturated carbocycles. The Morgan fingerprint density at radius 2 is 1.88 bits per heavy atom. The van der Waals surface area contributed by atoms with E-state index in [0.29, 0.717) is 5.39 Å².